The Labute approximate surface area is 209 Å². The first-order chi connectivity index (χ1) is 17.5. The highest BCUT2D eigenvalue weighted by atomic mass is 19.1. The maximum Gasteiger partial charge on any atom is 0.306 e. The molecule has 1 heterocycles. The summed E-state index contributed by atoms with van der Waals surface area (Å²) < 4.78 is 29.6. The van der Waals surface area contributed by atoms with Crippen LogP contribution in [0.2, 0.25) is 0 Å². The zero-order valence-electron chi connectivity index (χ0n) is 20.1. The number of aliphatic carboxylic acids is 1. The SMILES string of the molecule is CCO[C@@H](CC(=O)O)c1ccc(O[C@@H]2CCc3c(-c4ccc(OC[C@H](O)CF)nc4)cccc32)cc1. The van der Waals surface area contributed by atoms with E-state index < -0.39 is 24.9 Å². The summed E-state index contributed by atoms with van der Waals surface area (Å²) in [7, 11) is 0. The molecule has 3 aromatic rings. The zero-order valence-corrected chi connectivity index (χ0v) is 20.1. The van der Waals surface area contributed by atoms with Crippen molar-refractivity contribution < 1.29 is 33.6 Å². The van der Waals surface area contributed by atoms with Gasteiger partial charge in [-0.3, -0.25) is 4.79 Å². The van der Waals surface area contributed by atoms with Crippen LogP contribution in [-0.2, 0) is 16.0 Å². The minimum Gasteiger partial charge on any atom is -0.486 e. The summed E-state index contributed by atoms with van der Waals surface area (Å²) in [5.41, 5.74) is 5.15. The molecule has 0 bridgehead atoms. The van der Waals surface area contributed by atoms with E-state index in [1.54, 1.807) is 12.3 Å². The molecule has 1 aliphatic rings. The van der Waals surface area contributed by atoms with E-state index in [0.717, 1.165) is 35.1 Å². The van der Waals surface area contributed by atoms with Crippen molar-refractivity contribution in [3.8, 4) is 22.8 Å². The number of benzene rings is 2. The summed E-state index contributed by atoms with van der Waals surface area (Å²) in [6, 6.07) is 17.2. The van der Waals surface area contributed by atoms with Gasteiger partial charge in [0.1, 0.15) is 31.2 Å². The predicted molar refractivity (Wildman–Crippen MR) is 132 cm³/mol. The molecule has 190 valence electrons. The molecular weight excluding hydrogens is 465 g/mol. The number of halogens is 1. The van der Waals surface area contributed by atoms with Crippen LogP contribution in [0.1, 0.15) is 48.7 Å². The number of carboxylic acids is 1. The van der Waals surface area contributed by atoms with Crippen LogP contribution in [0.25, 0.3) is 11.1 Å². The standard InChI is InChI=1S/C28H30FNO6/c1-2-34-26(14-28(32)33)18-6-9-21(10-7-18)36-25-12-11-23-22(4-3-5-24(23)25)19-8-13-27(30-16-19)35-17-20(31)15-29/h3-10,13,16,20,25-26,31H,2,11-12,14-15,17H2,1H3,(H,32,33)/t20-,25-,26+/m1/s1. The molecule has 1 aliphatic carbocycles. The fourth-order valence-electron chi connectivity index (χ4n) is 4.42. The third-order valence-electron chi connectivity index (χ3n) is 6.12. The van der Waals surface area contributed by atoms with Crippen molar-refractivity contribution >= 4 is 5.97 Å². The van der Waals surface area contributed by atoms with Crippen molar-refractivity contribution in [3.05, 3.63) is 77.5 Å². The smallest absolute Gasteiger partial charge is 0.306 e. The number of aromatic nitrogens is 1. The number of carbonyl (C=O) groups is 1. The molecule has 0 amide bonds. The lowest BCUT2D eigenvalue weighted by atomic mass is 9.98. The Balaban J connectivity index is 1.45. The molecule has 0 aliphatic heterocycles. The first kappa shape index (κ1) is 25.6. The number of nitrogens with zero attached hydrogens (tertiary/aromatic N) is 1. The van der Waals surface area contributed by atoms with Gasteiger partial charge in [-0.15, -0.1) is 0 Å². The summed E-state index contributed by atoms with van der Waals surface area (Å²) in [5, 5.41) is 18.5. The summed E-state index contributed by atoms with van der Waals surface area (Å²) >= 11 is 0. The molecule has 0 fully saturated rings. The van der Waals surface area contributed by atoms with Crippen LogP contribution in [0, 0.1) is 0 Å². The minimum absolute atomic E-state index is 0.0889. The molecule has 0 saturated heterocycles. The molecule has 36 heavy (non-hydrogen) atoms. The zero-order chi connectivity index (χ0) is 25.5. The second-order valence-electron chi connectivity index (χ2n) is 8.63. The van der Waals surface area contributed by atoms with E-state index in [1.165, 1.54) is 5.56 Å². The van der Waals surface area contributed by atoms with Crippen LogP contribution >= 0.6 is 0 Å². The lowest BCUT2D eigenvalue weighted by Crippen LogP contribution is -2.19. The molecule has 7 nitrogen and oxygen atoms in total. The molecule has 0 saturated carbocycles. The van der Waals surface area contributed by atoms with Crippen molar-refractivity contribution in [2.24, 2.45) is 0 Å². The fraction of sp³-hybridized carbons (Fsp3) is 0.357. The number of fused-ring (bicyclic) bond motifs is 1. The van der Waals surface area contributed by atoms with Gasteiger partial charge in [0.05, 0.1) is 12.5 Å². The van der Waals surface area contributed by atoms with Crippen molar-refractivity contribution in [3.63, 3.8) is 0 Å². The number of rotatable bonds is 12. The van der Waals surface area contributed by atoms with E-state index in [4.69, 9.17) is 19.3 Å². The second-order valence-corrected chi connectivity index (χ2v) is 8.63. The summed E-state index contributed by atoms with van der Waals surface area (Å²) in [6.45, 7) is 1.27. The Kier molecular flexibility index (Phi) is 8.51. The molecule has 2 aromatic carbocycles. The van der Waals surface area contributed by atoms with E-state index in [0.29, 0.717) is 18.2 Å². The lowest BCUT2D eigenvalue weighted by molar-refractivity contribution is -0.140. The highest BCUT2D eigenvalue weighted by Crippen LogP contribution is 2.40. The van der Waals surface area contributed by atoms with Crippen LogP contribution in [0.3, 0.4) is 0 Å². The summed E-state index contributed by atoms with van der Waals surface area (Å²) in [5.74, 6) is 0.143. The molecule has 3 atom stereocenters. The number of hydrogen-bond acceptors (Lipinski definition) is 6. The van der Waals surface area contributed by atoms with Gasteiger partial charge >= 0.3 is 5.97 Å². The van der Waals surface area contributed by atoms with E-state index in [9.17, 15) is 14.3 Å². The average molecular weight is 496 g/mol. The van der Waals surface area contributed by atoms with Gasteiger partial charge in [-0.05, 0) is 60.2 Å². The first-order valence-corrected chi connectivity index (χ1v) is 12.0. The number of pyridine rings is 1. The maximum atomic E-state index is 12.4. The fourth-order valence-corrected chi connectivity index (χ4v) is 4.42. The number of aliphatic hydroxyl groups is 1. The van der Waals surface area contributed by atoms with Gasteiger partial charge in [0.2, 0.25) is 5.88 Å². The highest BCUT2D eigenvalue weighted by molar-refractivity contribution is 5.69. The van der Waals surface area contributed by atoms with E-state index >= 15 is 0 Å². The normalized spacial score (nSPS) is 16.2. The number of ether oxygens (including phenoxy) is 3. The number of carboxylic acid groups (broad SMARTS) is 1. The molecule has 0 unspecified atom stereocenters. The average Bonchev–Trinajstić information content (AvgIpc) is 3.30. The van der Waals surface area contributed by atoms with Crippen LogP contribution in [-0.4, -0.2) is 47.2 Å². The third kappa shape index (κ3) is 6.19. The van der Waals surface area contributed by atoms with E-state index in [-0.39, 0.29) is 19.1 Å². The highest BCUT2D eigenvalue weighted by Gasteiger charge is 2.27. The molecule has 0 spiro atoms. The van der Waals surface area contributed by atoms with Crippen LogP contribution in [0.15, 0.2) is 60.8 Å². The predicted octanol–water partition coefficient (Wildman–Crippen LogP) is 5.08. The molecule has 8 heteroatoms. The Hall–Kier alpha value is -3.49. The van der Waals surface area contributed by atoms with Gasteiger partial charge in [0, 0.05) is 24.4 Å². The topological polar surface area (TPSA) is 98.1 Å². The number of alkyl halides is 1. The van der Waals surface area contributed by atoms with Gasteiger partial charge in [0.15, 0.2) is 0 Å². The quantitative estimate of drug-likeness (QED) is 0.362. The molecular formula is C28H30FNO6. The van der Waals surface area contributed by atoms with E-state index in [1.807, 2.05) is 43.3 Å². The second kappa shape index (κ2) is 12.0. The summed E-state index contributed by atoms with van der Waals surface area (Å²) in [4.78, 5) is 15.4. The van der Waals surface area contributed by atoms with Crippen molar-refractivity contribution in [1.82, 2.24) is 4.98 Å². The van der Waals surface area contributed by atoms with Crippen molar-refractivity contribution in [2.75, 3.05) is 19.9 Å². The number of aliphatic hydroxyl groups excluding tert-OH is 1. The van der Waals surface area contributed by atoms with Gasteiger partial charge in [-0.1, -0.05) is 30.3 Å². The Morgan fingerprint density at radius 3 is 2.64 bits per heavy atom. The number of hydrogen-bond donors (Lipinski definition) is 2. The molecule has 0 radical (unpaired) electrons. The largest absolute Gasteiger partial charge is 0.486 e. The van der Waals surface area contributed by atoms with Crippen molar-refractivity contribution in [1.29, 1.82) is 0 Å². The van der Waals surface area contributed by atoms with Crippen LogP contribution < -0.4 is 9.47 Å². The van der Waals surface area contributed by atoms with Gasteiger partial charge < -0.3 is 24.4 Å². The molecule has 1 aromatic heterocycles. The van der Waals surface area contributed by atoms with Crippen LogP contribution in [0.4, 0.5) is 4.39 Å². The monoisotopic (exact) mass is 495 g/mol. The first-order valence-electron chi connectivity index (χ1n) is 12.0. The van der Waals surface area contributed by atoms with Crippen molar-refractivity contribution in [2.45, 2.75) is 44.5 Å². The molecule has 2 N–H and O–H groups in total. The summed E-state index contributed by atoms with van der Waals surface area (Å²) in [6.07, 6.45) is 1.58. The molecule has 4 rings (SSSR count). The van der Waals surface area contributed by atoms with Gasteiger partial charge in [0.25, 0.3) is 0 Å². The Morgan fingerprint density at radius 1 is 1.17 bits per heavy atom. The van der Waals surface area contributed by atoms with Gasteiger partial charge in [-0.2, -0.15) is 0 Å². The lowest BCUT2D eigenvalue weighted by Gasteiger charge is -2.18. The van der Waals surface area contributed by atoms with Gasteiger partial charge in [-0.25, -0.2) is 9.37 Å². The van der Waals surface area contributed by atoms with E-state index in [2.05, 4.69) is 17.1 Å². The maximum absolute atomic E-state index is 12.4. The van der Waals surface area contributed by atoms with Crippen LogP contribution in [0.5, 0.6) is 11.6 Å². The Bertz CT molecular complexity index is 1150. The minimum atomic E-state index is -1.16. The third-order valence-corrected chi connectivity index (χ3v) is 6.12. The Morgan fingerprint density at radius 2 is 1.97 bits per heavy atom.